The number of carbonyl (C=O) groups is 1. The van der Waals surface area contributed by atoms with Crippen LogP contribution in [0.3, 0.4) is 0 Å². The molecule has 118 valence electrons. The molecule has 1 atom stereocenters. The highest BCUT2D eigenvalue weighted by molar-refractivity contribution is 7.91. The Morgan fingerprint density at radius 2 is 2.14 bits per heavy atom. The molecule has 0 N–H and O–H groups in total. The first-order valence-corrected chi connectivity index (χ1v) is 10.1. The molecule has 0 radical (unpaired) electrons. The number of sulfone groups is 1. The summed E-state index contributed by atoms with van der Waals surface area (Å²) in [4.78, 5) is 15.0. The second-order valence-corrected chi connectivity index (χ2v) is 9.05. The van der Waals surface area contributed by atoms with E-state index in [1.807, 2.05) is 31.2 Å². The van der Waals surface area contributed by atoms with E-state index in [2.05, 4.69) is 0 Å². The number of amides is 1. The molecule has 1 aliphatic rings. The molecule has 3 rings (SSSR count). The van der Waals surface area contributed by atoms with Crippen LogP contribution in [0.1, 0.15) is 23.0 Å². The van der Waals surface area contributed by atoms with E-state index in [1.54, 1.807) is 4.90 Å². The quantitative estimate of drug-likeness (QED) is 0.847. The summed E-state index contributed by atoms with van der Waals surface area (Å²) >= 11 is 7.72. The molecule has 1 fully saturated rings. The highest BCUT2D eigenvalue weighted by Crippen LogP contribution is 2.36. The summed E-state index contributed by atoms with van der Waals surface area (Å²) in [6.45, 7) is 2.34. The van der Waals surface area contributed by atoms with Crippen molar-refractivity contribution >= 4 is 48.8 Å². The lowest BCUT2D eigenvalue weighted by molar-refractivity contribution is 0.0713. The summed E-state index contributed by atoms with van der Waals surface area (Å²) in [5.74, 6) is 0.0345. The van der Waals surface area contributed by atoms with Gasteiger partial charge in [-0.3, -0.25) is 4.79 Å². The molecule has 2 heterocycles. The Bertz CT molecular complexity index is 828. The van der Waals surface area contributed by atoms with Crippen LogP contribution >= 0.6 is 22.9 Å². The lowest BCUT2D eigenvalue weighted by Crippen LogP contribution is -2.40. The average Bonchev–Trinajstić information content (AvgIpc) is 3.01. The summed E-state index contributed by atoms with van der Waals surface area (Å²) < 4.78 is 24.3. The molecule has 0 aliphatic carbocycles. The first-order valence-electron chi connectivity index (χ1n) is 7.11. The van der Waals surface area contributed by atoms with Crippen molar-refractivity contribution in [3.8, 4) is 0 Å². The Hall–Kier alpha value is -1.11. The van der Waals surface area contributed by atoms with Gasteiger partial charge in [-0.05, 0) is 19.4 Å². The van der Waals surface area contributed by atoms with E-state index in [0.717, 1.165) is 10.1 Å². The molecule has 1 aliphatic heterocycles. The summed E-state index contributed by atoms with van der Waals surface area (Å²) in [5, 5.41) is 1.33. The minimum atomic E-state index is -3.02. The predicted octanol–water partition coefficient (Wildman–Crippen LogP) is 3.20. The van der Waals surface area contributed by atoms with Crippen LogP contribution in [0.15, 0.2) is 24.3 Å². The fourth-order valence-corrected chi connectivity index (χ4v) is 6.07. The zero-order valence-electron chi connectivity index (χ0n) is 12.1. The molecule has 1 aromatic carbocycles. The second kappa shape index (κ2) is 5.83. The molecule has 0 saturated carbocycles. The Morgan fingerprint density at radius 1 is 1.41 bits per heavy atom. The third-order valence-electron chi connectivity index (χ3n) is 3.98. The van der Waals surface area contributed by atoms with Crippen LogP contribution in [0.2, 0.25) is 5.02 Å². The molecular weight excluding hydrogens is 342 g/mol. The van der Waals surface area contributed by atoms with Gasteiger partial charge in [-0.15, -0.1) is 11.3 Å². The first kappa shape index (κ1) is 15.8. The summed E-state index contributed by atoms with van der Waals surface area (Å²) in [7, 11) is -3.02. The zero-order valence-corrected chi connectivity index (χ0v) is 14.5. The molecular formula is C15H16ClNO3S2. The van der Waals surface area contributed by atoms with Crippen molar-refractivity contribution < 1.29 is 13.2 Å². The molecule has 0 bridgehead atoms. The fourth-order valence-electron chi connectivity index (χ4n) is 2.87. The molecule has 1 unspecified atom stereocenters. The van der Waals surface area contributed by atoms with Crippen molar-refractivity contribution in [3.05, 3.63) is 34.2 Å². The van der Waals surface area contributed by atoms with Crippen LogP contribution in [-0.4, -0.2) is 43.3 Å². The van der Waals surface area contributed by atoms with E-state index < -0.39 is 9.84 Å². The highest BCUT2D eigenvalue weighted by atomic mass is 35.5. The number of fused-ring (bicyclic) bond motifs is 1. The minimum absolute atomic E-state index is 0.0507. The van der Waals surface area contributed by atoms with Crippen molar-refractivity contribution in [2.75, 3.05) is 18.1 Å². The van der Waals surface area contributed by atoms with Crippen LogP contribution in [0.5, 0.6) is 0 Å². The van der Waals surface area contributed by atoms with Gasteiger partial charge in [0, 0.05) is 22.7 Å². The lowest BCUT2D eigenvalue weighted by atomic mass is 10.2. The van der Waals surface area contributed by atoms with Crippen molar-refractivity contribution in [1.82, 2.24) is 4.90 Å². The van der Waals surface area contributed by atoms with E-state index in [4.69, 9.17) is 11.6 Å². The Kier molecular flexibility index (Phi) is 4.18. The second-order valence-electron chi connectivity index (χ2n) is 5.39. The van der Waals surface area contributed by atoms with Crippen molar-refractivity contribution in [2.24, 2.45) is 0 Å². The Morgan fingerprint density at radius 3 is 2.73 bits per heavy atom. The highest BCUT2D eigenvalue weighted by Gasteiger charge is 2.35. The summed E-state index contributed by atoms with van der Waals surface area (Å²) in [5.41, 5.74) is 0. The van der Waals surface area contributed by atoms with Gasteiger partial charge in [-0.1, -0.05) is 29.8 Å². The van der Waals surface area contributed by atoms with E-state index in [9.17, 15) is 13.2 Å². The monoisotopic (exact) mass is 357 g/mol. The molecule has 1 amide bonds. The Balaban J connectivity index is 1.95. The molecule has 2 aromatic rings. The maximum Gasteiger partial charge on any atom is 0.265 e. The number of rotatable bonds is 3. The molecule has 7 heteroatoms. The fraction of sp³-hybridized carbons (Fsp3) is 0.400. The molecule has 22 heavy (non-hydrogen) atoms. The van der Waals surface area contributed by atoms with Crippen molar-refractivity contribution in [1.29, 1.82) is 0 Å². The van der Waals surface area contributed by atoms with Gasteiger partial charge in [-0.25, -0.2) is 8.42 Å². The molecule has 1 aromatic heterocycles. The molecule has 0 spiro atoms. The maximum absolute atomic E-state index is 12.8. The number of thiophene rings is 1. The van der Waals surface area contributed by atoms with E-state index in [0.29, 0.717) is 22.9 Å². The number of carbonyl (C=O) groups excluding carboxylic acids is 1. The number of nitrogens with zero attached hydrogens (tertiary/aromatic N) is 1. The van der Waals surface area contributed by atoms with Gasteiger partial charge in [0.2, 0.25) is 0 Å². The smallest absolute Gasteiger partial charge is 0.265 e. The van der Waals surface area contributed by atoms with Crippen LogP contribution < -0.4 is 0 Å². The number of hydrogen-bond acceptors (Lipinski definition) is 4. The lowest BCUT2D eigenvalue weighted by Gasteiger charge is -2.26. The topological polar surface area (TPSA) is 54.5 Å². The van der Waals surface area contributed by atoms with Gasteiger partial charge in [0.25, 0.3) is 5.91 Å². The number of benzene rings is 1. The van der Waals surface area contributed by atoms with E-state index >= 15 is 0 Å². The van der Waals surface area contributed by atoms with Gasteiger partial charge in [0.1, 0.15) is 4.88 Å². The summed E-state index contributed by atoms with van der Waals surface area (Å²) in [6, 6.07) is 7.37. The third kappa shape index (κ3) is 2.75. The SMILES string of the molecule is CCN(C(=O)c1sc2ccccc2c1Cl)C1CCS(=O)(=O)C1. The van der Waals surface area contributed by atoms with Crippen LogP contribution in [-0.2, 0) is 9.84 Å². The average molecular weight is 358 g/mol. The van der Waals surface area contributed by atoms with Gasteiger partial charge >= 0.3 is 0 Å². The molecule has 1 saturated heterocycles. The van der Waals surface area contributed by atoms with Crippen LogP contribution in [0.25, 0.3) is 10.1 Å². The zero-order chi connectivity index (χ0) is 15.9. The largest absolute Gasteiger partial charge is 0.334 e. The van der Waals surface area contributed by atoms with Gasteiger partial charge in [0.15, 0.2) is 9.84 Å². The van der Waals surface area contributed by atoms with E-state index in [-0.39, 0.29) is 23.5 Å². The maximum atomic E-state index is 12.8. The predicted molar refractivity (Wildman–Crippen MR) is 90.6 cm³/mol. The van der Waals surface area contributed by atoms with Gasteiger partial charge in [-0.2, -0.15) is 0 Å². The number of hydrogen-bond donors (Lipinski definition) is 0. The number of halogens is 1. The molecule has 4 nitrogen and oxygen atoms in total. The van der Waals surface area contributed by atoms with Crippen molar-refractivity contribution in [3.63, 3.8) is 0 Å². The van der Waals surface area contributed by atoms with E-state index in [1.165, 1.54) is 11.3 Å². The Labute approximate surface area is 138 Å². The minimum Gasteiger partial charge on any atom is -0.334 e. The van der Waals surface area contributed by atoms with Crippen molar-refractivity contribution in [2.45, 2.75) is 19.4 Å². The van der Waals surface area contributed by atoms with Crippen LogP contribution in [0.4, 0.5) is 0 Å². The normalized spacial score (nSPS) is 20.4. The van der Waals surface area contributed by atoms with Gasteiger partial charge < -0.3 is 4.90 Å². The third-order valence-corrected chi connectivity index (χ3v) is 7.39. The first-order chi connectivity index (χ1) is 10.4. The van der Waals surface area contributed by atoms with Crippen LogP contribution in [0, 0.1) is 0 Å². The van der Waals surface area contributed by atoms with Gasteiger partial charge in [0.05, 0.1) is 16.5 Å². The summed E-state index contributed by atoms with van der Waals surface area (Å²) in [6.07, 6.45) is 0.504. The standard InChI is InChI=1S/C15H16ClNO3S2/c1-2-17(10-7-8-22(19,20)9-10)15(18)14-13(16)11-5-3-4-6-12(11)21-14/h3-6,10H,2,7-9H2,1H3.